The van der Waals surface area contributed by atoms with Crippen LogP contribution in [0.2, 0.25) is 0 Å². The number of rotatable bonds is 4. The fraction of sp³-hybridized carbons (Fsp3) is 0.150. The van der Waals surface area contributed by atoms with Crippen molar-refractivity contribution in [2.24, 2.45) is 0 Å². The molecule has 8 nitrogen and oxygen atoms in total. The van der Waals surface area contributed by atoms with E-state index < -0.39 is 0 Å². The van der Waals surface area contributed by atoms with Gasteiger partial charge < -0.3 is 0 Å². The number of nitrogens with zero attached hydrogens (tertiary/aromatic N) is 6. The van der Waals surface area contributed by atoms with Crippen LogP contribution < -0.4 is 5.69 Å². The normalized spacial score (nSPS) is 11.5. The van der Waals surface area contributed by atoms with Gasteiger partial charge in [-0.2, -0.15) is 5.10 Å². The molecule has 1 aromatic carbocycles. The van der Waals surface area contributed by atoms with E-state index in [1.165, 1.54) is 6.07 Å². The lowest BCUT2D eigenvalue weighted by Gasteiger charge is -2.04. The molecule has 0 atom stereocenters. The predicted molar refractivity (Wildman–Crippen MR) is 106 cm³/mol. The number of H-pyrrole nitrogens is 1. The highest BCUT2D eigenvalue weighted by molar-refractivity contribution is 5.90. The smallest absolute Gasteiger partial charge is 0.290 e. The Morgan fingerprint density at radius 2 is 2.00 bits per heavy atom. The van der Waals surface area contributed by atoms with E-state index in [0.29, 0.717) is 40.4 Å². The van der Waals surface area contributed by atoms with Crippen LogP contribution in [0.25, 0.3) is 33.7 Å². The summed E-state index contributed by atoms with van der Waals surface area (Å²) in [5.41, 5.74) is 2.49. The standard InChI is InChI=1S/C20H16FN7O/c1-2-27-15-10-23-18(24-17(15)25-20(27)29)16-13-7-5-9-22-19(13)28(26-16)11-12-6-3-4-8-14(12)21/h3-10H,2,11H2,1H3,(H,23,24,25,29). The summed E-state index contributed by atoms with van der Waals surface area (Å²) in [6.45, 7) is 2.63. The van der Waals surface area contributed by atoms with Crippen molar-refractivity contribution >= 4 is 22.2 Å². The zero-order valence-electron chi connectivity index (χ0n) is 15.5. The zero-order valence-corrected chi connectivity index (χ0v) is 15.5. The van der Waals surface area contributed by atoms with E-state index in [2.05, 4.69) is 25.0 Å². The molecular weight excluding hydrogens is 373 g/mol. The third-order valence-corrected chi connectivity index (χ3v) is 4.84. The lowest BCUT2D eigenvalue weighted by Crippen LogP contribution is -2.14. The van der Waals surface area contributed by atoms with Gasteiger partial charge in [0.15, 0.2) is 17.1 Å². The first-order chi connectivity index (χ1) is 14.2. The maximum Gasteiger partial charge on any atom is 0.327 e. The lowest BCUT2D eigenvalue weighted by atomic mass is 10.2. The van der Waals surface area contributed by atoms with Crippen molar-refractivity contribution in [1.29, 1.82) is 0 Å². The molecular formula is C20H16FN7O. The molecule has 4 aromatic heterocycles. The molecule has 1 N–H and O–H groups in total. The van der Waals surface area contributed by atoms with E-state index in [0.717, 1.165) is 5.39 Å². The van der Waals surface area contributed by atoms with Gasteiger partial charge in [-0.15, -0.1) is 0 Å². The van der Waals surface area contributed by atoms with Crippen molar-refractivity contribution in [2.45, 2.75) is 20.0 Å². The van der Waals surface area contributed by atoms with E-state index in [4.69, 9.17) is 0 Å². The van der Waals surface area contributed by atoms with Crippen molar-refractivity contribution in [2.75, 3.05) is 0 Å². The van der Waals surface area contributed by atoms with E-state index >= 15 is 0 Å². The summed E-state index contributed by atoms with van der Waals surface area (Å²) in [5, 5.41) is 5.37. The number of halogens is 1. The maximum atomic E-state index is 14.1. The highest BCUT2D eigenvalue weighted by Crippen LogP contribution is 2.25. The number of aromatic nitrogens is 7. The highest BCUT2D eigenvalue weighted by atomic mass is 19.1. The van der Waals surface area contributed by atoms with E-state index in [-0.39, 0.29) is 18.1 Å². The van der Waals surface area contributed by atoms with Crippen LogP contribution in [0, 0.1) is 5.82 Å². The number of hydrogen-bond donors (Lipinski definition) is 1. The Labute approximate surface area is 163 Å². The molecule has 0 saturated carbocycles. The summed E-state index contributed by atoms with van der Waals surface area (Å²) in [7, 11) is 0. The highest BCUT2D eigenvalue weighted by Gasteiger charge is 2.18. The number of nitrogens with one attached hydrogen (secondary N) is 1. The quantitative estimate of drug-likeness (QED) is 0.510. The van der Waals surface area contributed by atoms with Gasteiger partial charge in [0.2, 0.25) is 0 Å². The van der Waals surface area contributed by atoms with Crippen molar-refractivity contribution in [3.05, 3.63) is 70.7 Å². The SMILES string of the molecule is CCn1c(=O)[nH]c2nc(-c3nn(Cc4ccccc4F)c4ncccc34)ncc21. The molecule has 9 heteroatoms. The van der Waals surface area contributed by atoms with Crippen molar-refractivity contribution in [1.82, 2.24) is 34.3 Å². The molecule has 0 bridgehead atoms. The van der Waals surface area contributed by atoms with Crippen molar-refractivity contribution < 1.29 is 4.39 Å². The van der Waals surface area contributed by atoms with Gasteiger partial charge in [0.1, 0.15) is 17.0 Å². The Hall–Kier alpha value is -3.88. The molecule has 0 saturated heterocycles. The molecule has 5 rings (SSSR count). The van der Waals surface area contributed by atoms with Crippen LogP contribution in [0.1, 0.15) is 12.5 Å². The Bertz CT molecular complexity index is 1420. The molecule has 0 radical (unpaired) electrons. The summed E-state index contributed by atoms with van der Waals surface area (Å²) < 4.78 is 17.3. The topological polar surface area (TPSA) is 94.3 Å². The molecule has 0 unspecified atom stereocenters. The first-order valence-corrected chi connectivity index (χ1v) is 9.16. The fourth-order valence-corrected chi connectivity index (χ4v) is 3.44. The summed E-state index contributed by atoms with van der Waals surface area (Å²) in [4.78, 5) is 28.1. The molecule has 5 aromatic rings. The second-order valence-electron chi connectivity index (χ2n) is 6.57. The molecule has 4 heterocycles. The molecule has 0 amide bonds. The molecule has 0 fully saturated rings. The molecule has 0 spiro atoms. The molecule has 29 heavy (non-hydrogen) atoms. The Morgan fingerprint density at radius 1 is 1.14 bits per heavy atom. The van der Waals surface area contributed by atoms with Crippen molar-refractivity contribution in [3.8, 4) is 11.5 Å². The molecule has 0 aliphatic heterocycles. The Morgan fingerprint density at radius 3 is 2.83 bits per heavy atom. The zero-order chi connectivity index (χ0) is 20.0. The number of imidazole rings is 1. The number of pyridine rings is 1. The monoisotopic (exact) mass is 389 g/mol. The van der Waals surface area contributed by atoms with E-state index in [1.807, 2.05) is 13.0 Å². The van der Waals surface area contributed by atoms with Gasteiger partial charge in [-0.1, -0.05) is 18.2 Å². The lowest BCUT2D eigenvalue weighted by molar-refractivity contribution is 0.589. The van der Waals surface area contributed by atoms with Crippen LogP contribution in [0.5, 0.6) is 0 Å². The second-order valence-corrected chi connectivity index (χ2v) is 6.57. The van der Waals surface area contributed by atoms with Gasteiger partial charge in [0, 0.05) is 18.3 Å². The summed E-state index contributed by atoms with van der Waals surface area (Å²) >= 11 is 0. The van der Waals surface area contributed by atoms with Crippen LogP contribution >= 0.6 is 0 Å². The van der Waals surface area contributed by atoms with Crippen molar-refractivity contribution in [3.63, 3.8) is 0 Å². The predicted octanol–water partition coefficient (Wildman–Crippen LogP) is 2.74. The average molecular weight is 389 g/mol. The molecule has 0 aliphatic carbocycles. The third-order valence-electron chi connectivity index (χ3n) is 4.84. The van der Waals surface area contributed by atoms with Crippen LogP contribution in [-0.2, 0) is 13.1 Å². The maximum absolute atomic E-state index is 14.1. The number of fused-ring (bicyclic) bond motifs is 2. The number of aromatic amines is 1. The molecule has 144 valence electrons. The molecule has 0 aliphatic rings. The first kappa shape index (κ1) is 17.2. The third kappa shape index (κ3) is 2.78. The van der Waals surface area contributed by atoms with Crippen LogP contribution in [-0.4, -0.2) is 34.3 Å². The number of hydrogen-bond acceptors (Lipinski definition) is 5. The number of benzene rings is 1. The average Bonchev–Trinajstić information content (AvgIpc) is 3.26. The second kappa shape index (κ2) is 6.62. The summed E-state index contributed by atoms with van der Waals surface area (Å²) in [6.07, 6.45) is 3.27. The van der Waals surface area contributed by atoms with Gasteiger partial charge >= 0.3 is 5.69 Å². The number of aryl methyl sites for hydroxylation is 1. The van der Waals surface area contributed by atoms with Gasteiger partial charge in [-0.25, -0.2) is 28.8 Å². The summed E-state index contributed by atoms with van der Waals surface area (Å²) in [6, 6.07) is 10.2. The van der Waals surface area contributed by atoms with Crippen LogP contribution in [0.4, 0.5) is 4.39 Å². The fourth-order valence-electron chi connectivity index (χ4n) is 3.44. The van der Waals surface area contributed by atoms with E-state index in [1.54, 1.807) is 45.9 Å². The van der Waals surface area contributed by atoms with Gasteiger partial charge in [-0.05, 0) is 25.1 Å². The van der Waals surface area contributed by atoms with Gasteiger partial charge in [-0.3, -0.25) is 9.55 Å². The van der Waals surface area contributed by atoms with E-state index in [9.17, 15) is 9.18 Å². The van der Waals surface area contributed by atoms with Gasteiger partial charge in [0.25, 0.3) is 0 Å². The minimum atomic E-state index is -0.301. The largest absolute Gasteiger partial charge is 0.327 e. The van der Waals surface area contributed by atoms with Gasteiger partial charge in [0.05, 0.1) is 18.1 Å². The Balaban J connectivity index is 1.67. The Kier molecular flexibility index (Phi) is 3.94. The van der Waals surface area contributed by atoms with Crippen LogP contribution in [0.15, 0.2) is 53.6 Å². The first-order valence-electron chi connectivity index (χ1n) is 9.16. The minimum absolute atomic E-state index is 0.228. The van der Waals surface area contributed by atoms with Crippen LogP contribution in [0.3, 0.4) is 0 Å². The summed E-state index contributed by atoms with van der Waals surface area (Å²) in [5.74, 6) is 0.0667. The minimum Gasteiger partial charge on any atom is -0.290 e.